The highest BCUT2D eigenvalue weighted by Gasteiger charge is 2.19. The molecule has 0 atom stereocenters. The van der Waals surface area contributed by atoms with Crippen molar-refractivity contribution in [3.63, 3.8) is 0 Å². The van der Waals surface area contributed by atoms with E-state index in [0.29, 0.717) is 11.6 Å². The van der Waals surface area contributed by atoms with Crippen molar-refractivity contribution >= 4 is 11.7 Å². The fraction of sp³-hybridized carbons (Fsp3) is 0.333. The van der Waals surface area contributed by atoms with Crippen LogP contribution < -0.4 is 4.90 Å². The Hall–Kier alpha value is -3.42. The molecule has 4 aromatic heterocycles. The van der Waals surface area contributed by atoms with E-state index in [0.717, 1.165) is 47.5 Å². The SMILES string of the molecule is Cc1c(-c2ccnc(N3CCC(C)CC3)n2)cnc2nc(-c3ccncc3)nn12. The third-order valence-electron chi connectivity index (χ3n) is 5.53. The summed E-state index contributed by atoms with van der Waals surface area (Å²) in [5.41, 5.74) is 3.63. The Kier molecular flexibility index (Phi) is 4.38. The first-order chi connectivity index (χ1) is 14.2. The zero-order chi connectivity index (χ0) is 19.8. The van der Waals surface area contributed by atoms with Crippen molar-refractivity contribution in [1.29, 1.82) is 0 Å². The van der Waals surface area contributed by atoms with Gasteiger partial charge in [-0.25, -0.2) is 19.5 Å². The van der Waals surface area contributed by atoms with Gasteiger partial charge >= 0.3 is 0 Å². The van der Waals surface area contributed by atoms with Gasteiger partial charge < -0.3 is 4.90 Å². The largest absolute Gasteiger partial charge is 0.341 e. The smallest absolute Gasteiger partial charge is 0.252 e. The van der Waals surface area contributed by atoms with Crippen molar-refractivity contribution in [2.45, 2.75) is 26.7 Å². The number of nitrogens with zero attached hydrogens (tertiary/aromatic N) is 8. The Morgan fingerprint density at radius 1 is 0.966 bits per heavy atom. The lowest BCUT2D eigenvalue weighted by Gasteiger charge is -2.30. The molecule has 4 aromatic rings. The van der Waals surface area contributed by atoms with Gasteiger partial charge in [0.1, 0.15) is 0 Å². The predicted molar refractivity (Wildman–Crippen MR) is 110 cm³/mol. The Morgan fingerprint density at radius 3 is 2.55 bits per heavy atom. The van der Waals surface area contributed by atoms with E-state index in [1.54, 1.807) is 16.9 Å². The fourth-order valence-corrected chi connectivity index (χ4v) is 3.68. The maximum Gasteiger partial charge on any atom is 0.252 e. The first-order valence-corrected chi connectivity index (χ1v) is 9.90. The molecule has 1 saturated heterocycles. The summed E-state index contributed by atoms with van der Waals surface area (Å²) >= 11 is 0. The van der Waals surface area contributed by atoms with Gasteiger partial charge in [-0.15, -0.1) is 5.10 Å². The van der Waals surface area contributed by atoms with Gasteiger partial charge in [0.25, 0.3) is 5.78 Å². The van der Waals surface area contributed by atoms with Gasteiger partial charge in [0.05, 0.1) is 11.4 Å². The van der Waals surface area contributed by atoms with Gasteiger partial charge in [-0.3, -0.25) is 4.98 Å². The molecule has 29 heavy (non-hydrogen) atoms. The van der Waals surface area contributed by atoms with Crippen molar-refractivity contribution in [2.75, 3.05) is 18.0 Å². The Morgan fingerprint density at radius 2 is 1.76 bits per heavy atom. The third-order valence-corrected chi connectivity index (χ3v) is 5.53. The summed E-state index contributed by atoms with van der Waals surface area (Å²) in [6, 6.07) is 5.70. The minimum Gasteiger partial charge on any atom is -0.341 e. The van der Waals surface area contributed by atoms with Crippen molar-refractivity contribution in [3.8, 4) is 22.6 Å². The van der Waals surface area contributed by atoms with Crippen LogP contribution in [0.1, 0.15) is 25.5 Å². The first kappa shape index (κ1) is 17.7. The first-order valence-electron chi connectivity index (χ1n) is 9.90. The second-order valence-corrected chi connectivity index (χ2v) is 7.55. The number of aryl methyl sites for hydroxylation is 1. The molecular formula is C21H22N8. The van der Waals surface area contributed by atoms with E-state index in [1.807, 2.05) is 37.5 Å². The van der Waals surface area contributed by atoms with Crippen LogP contribution in [0.15, 0.2) is 43.0 Å². The summed E-state index contributed by atoms with van der Waals surface area (Å²) in [4.78, 5) is 24.7. The lowest BCUT2D eigenvalue weighted by molar-refractivity contribution is 0.434. The number of hydrogen-bond donors (Lipinski definition) is 0. The standard InChI is InChI=1S/C21H22N8/c1-14-6-11-28(12-7-14)20-23-10-5-18(25-20)17-13-24-21-26-19(27-29(21)15(17)2)16-3-8-22-9-4-16/h3-5,8-10,13-14H,6-7,11-12H2,1-2H3. The van der Waals surface area contributed by atoms with Crippen LogP contribution in [0.3, 0.4) is 0 Å². The number of pyridine rings is 1. The third kappa shape index (κ3) is 3.30. The summed E-state index contributed by atoms with van der Waals surface area (Å²) < 4.78 is 1.77. The maximum atomic E-state index is 4.83. The predicted octanol–water partition coefficient (Wildman–Crippen LogP) is 3.19. The number of fused-ring (bicyclic) bond motifs is 1. The molecule has 8 heteroatoms. The molecule has 1 aliphatic heterocycles. The minimum atomic E-state index is 0.567. The number of anilines is 1. The van der Waals surface area contributed by atoms with E-state index >= 15 is 0 Å². The van der Waals surface area contributed by atoms with Crippen LogP contribution in [0.5, 0.6) is 0 Å². The van der Waals surface area contributed by atoms with Gasteiger partial charge in [-0.05, 0) is 43.9 Å². The van der Waals surface area contributed by atoms with E-state index in [-0.39, 0.29) is 0 Å². The molecule has 8 nitrogen and oxygen atoms in total. The number of piperidine rings is 1. The molecule has 0 N–H and O–H groups in total. The van der Waals surface area contributed by atoms with Crippen LogP contribution >= 0.6 is 0 Å². The average Bonchev–Trinajstić information content (AvgIpc) is 3.21. The van der Waals surface area contributed by atoms with Crippen molar-refractivity contribution in [1.82, 2.24) is 34.5 Å². The van der Waals surface area contributed by atoms with Crippen LogP contribution in [0.4, 0.5) is 5.95 Å². The van der Waals surface area contributed by atoms with Gasteiger partial charge in [0.15, 0.2) is 5.82 Å². The summed E-state index contributed by atoms with van der Waals surface area (Å²) in [5.74, 6) is 2.75. The summed E-state index contributed by atoms with van der Waals surface area (Å²) in [6.07, 6.45) is 9.46. The molecule has 0 saturated carbocycles. The molecule has 0 amide bonds. The molecule has 0 unspecified atom stereocenters. The van der Waals surface area contributed by atoms with Crippen molar-refractivity contribution < 1.29 is 0 Å². The second kappa shape index (κ2) is 7.20. The quantitative estimate of drug-likeness (QED) is 0.534. The topological polar surface area (TPSA) is 85.0 Å². The number of rotatable bonds is 3. The van der Waals surface area contributed by atoms with E-state index in [4.69, 9.17) is 4.98 Å². The van der Waals surface area contributed by atoms with E-state index < -0.39 is 0 Å². The van der Waals surface area contributed by atoms with Gasteiger partial charge in [-0.1, -0.05) is 6.92 Å². The number of aromatic nitrogens is 7. The van der Waals surface area contributed by atoms with Crippen molar-refractivity contribution in [3.05, 3.63) is 48.7 Å². The molecule has 1 fully saturated rings. The molecule has 0 radical (unpaired) electrons. The zero-order valence-electron chi connectivity index (χ0n) is 16.5. The maximum absolute atomic E-state index is 4.83. The molecule has 5 heterocycles. The highest BCUT2D eigenvalue weighted by atomic mass is 15.3. The van der Waals surface area contributed by atoms with Crippen LogP contribution in [0.2, 0.25) is 0 Å². The molecule has 0 aromatic carbocycles. The molecule has 5 rings (SSSR count). The van der Waals surface area contributed by atoms with Crippen LogP contribution in [0, 0.1) is 12.8 Å². The monoisotopic (exact) mass is 386 g/mol. The van der Waals surface area contributed by atoms with E-state index in [2.05, 4.69) is 36.9 Å². The van der Waals surface area contributed by atoms with Gasteiger partial charge in [-0.2, -0.15) is 4.98 Å². The molecule has 146 valence electrons. The number of hydrogen-bond acceptors (Lipinski definition) is 7. The lowest BCUT2D eigenvalue weighted by atomic mass is 10.00. The van der Waals surface area contributed by atoms with Crippen LogP contribution in [0.25, 0.3) is 28.4 Å². The van der Waals surface area contributed by atoms with Gasteiger partial charge in [0, 0.05) is 49.0 Å². The highest BCUT2D eigenvalue weighted by Crippen LogP contribution is 2.25. The molecule has 1 aliphatic rings. The van der Waals surface area contributed by atoms with Gasteiger partial charge in [0.2, 0.25) is 5.95 Å². The van der Waals surface area contributed by atoms with Crippen LogP contribution in [-0.4, -0.2) is 47.6 Å². The Bertz CT molecular complexity index is 1150. The normalized spacial score (nSPS) is 15.2. The highest BCUT2D eigenvalue weighted by molar-refractivity contribution is 5.64. The minimum absolute atomic E-state index is 0.567. The molecule has 0 bridgehead atoms. The van der Waals surface area contributed by atoms with E-state index in [1.165, 1.54) is 12.8 Å². The molecule has 0 aliphatic carbocycles. The van der Waals surface area contributed by atoms with Crippen molar-refractivity contribution in [2.24, 2.45) is 5.92 Å². The Labute approximate surface area is 168 Å². The fourth-order valence-electron chi connectivity index (χ4n) is 3.68. The molecular weight excluding hydrogens is 364 g/mol. The Balaban J connectivity index is 1.52. The average molecular weight is 386 g/mol. The second-order valence-electron chi connectivity index (χ2n) is 7.55. The van der Waals surface area contributed by atoms with Crippen LogP contribution in [-0.2, 0) is 0 Å². The van der Waals surface area contributed by atoms with E-state index in [9.17, 15) is 0 Å². The summed E-state index contributed by atoms with van der Waals surface area (Å²) in [6.45, 7) is 6.31. The summed E-state index contributed by atoms with van der Waals surface area (Å²) in [5, 5.41) is 4.65. The zero-order valence-corrected chi connectivity index (χ0v) is 16.5. The summed E-state index contributed by atoms with van der Waals surface area (Å²) in [7, 11) is 0. The molecule has 0 spiro atoms. The lowest BCUT2D eigenvalue weighted by Crippen LogP contribution is -2.34.